The van der Waals surface area contributed by atoms with Crippen molar-refractivity contribution in [3.8, 4) is 5.75 Å². The van der Waals surface area contributed by atoms with Crippen molar-refractivity contribution in [2.45, 2.75) is 39.2 Å². The third kappa shape index (κ3) is 7.57. The number of nitrogens with two attached hydrogens (primary N) is 1. The van der Waals surface area contributed by atoms with Gasteiger partial charge in [-0.2, -0.15) is 0 Å². The van der Waals surface area contributed by atoms with Crippen LogP contribution in [0.3, 0.4) is 0 Å². The summed E-state index contributed by atoms with van der Waals surface area (Å²) < 4.78 is 0. The van der Waals surface area contributed by atoms with E-state index in [2.05, 4.69) is 32.3 Å². The summed E-state index contributed by atoms with van der Waals surface area (Å²) in [6.07, 6.45) is 8.46. The molecule has 1 atom stereocenters. The zero-order valence-electron chi connectivity index (χ0n) is 21.3. The predicted octanol–water partition coefficient (Wildman–Crippen LogP) is 3.68. The lowest BCUT2D eigenvalue weighted by Crippen LogP contribution is -2.43. The molecule has 1 fully saturated rings. The third-order valence-electron chi connectivity index (χ3n) is 6.68. The molecule has 3 aromatic rings. The average Bonchev–Trinajstić information content (AvgIpc) is 2.95. The second kappa shape index (κ2) is 13.5. The number of anilines is 1. The number of hydrogen-bond donors (Lipinski definition) is 2. The van der Waals surface area contributed by atoms with Crippen LogP contribution in [-0.4, -0.2) is 51.1 Å². The molecule has 1 unspecified atom stereocenters. The van der Waals surface area contributed by atoms with Crippen molar-refractivity contribution >= 4 is 17.6 Å². The lowest BCUT2D eigenvalue weighted by molar-refractivity contribution is -0.137. The van der Waals surface area contributed by atoms with Crippen LogP contribution >= 0.6 is 0 Å². The van der Waals surface area contributed by atoms with E-state index < -0.39 is 0 Å². The minimum atomic E-state index is -0.00272. The molecule has 3 N–H and O–H groups in total. The molecule has 194 valence electrons. The Kier molecular flexibility index (Phi) is 9.54. The smallest absolute Gasteiger partial charge is 0.225 e. The number of carbonyl (C=O) groups is 1. The number of amides is 1. The van der Waals surface area contributed by atoms with Gasteiger partial charge in [-0.05, 0) is 56.5 Å². The minimum Gasteiger partial charge on any atom is -0.368 e. The molecule has 1 aliphatic heterocycles. The van der Waals surface area contributed by atoms with Gasteiger partial charge in [0, 0.05) is 55.6 Å². The molecule has 0 saturated carbocycles. The molecule has 9 heteroatoms. The molecular weight excluding hydrogens is 466 g/mol. The molecule has 4 rings (SSSR count). The Bertz CT molecular complexity index is 1130. The van der Waals surface area contributed by atoms with Gasteiger partial charge in [0.2, 0.25) is 11.9 Å². The first-order valence-electron chi connectivity index (χ1n) is 12.9. The van der Waals surface area contributed by atoms with Crippen molar-refractivity contribution in [3.05, 3.63) is 78.4 Å². The van der Waals surface area contributed by atoms with Crippen LogP contribution in [0.15, 0.2) is 72.3 Å². The molecule has 1 aliphatic rings. The first kappa shape index (κ1) is 26.2. The molecule has 1 saturated heterocycles. The van der Waals surface area contributed by atoms with E-state index in [9.17, 15) is 4.79 Å². The fourth-order valence-electron chi connectivity index (χ4n) is 4.53. The fourth-order valence-corrected chi connectivity index (χ4v) is 4.53. The molecular formula is C28H35N7O2. The monoisotopic (exact) mass is 501 g/mol. The van der Waals surface area contributed by atoms with E-state index >= 15 is 0 Å². The van der Waals surface area contributed by atoms with Crippen LogP contribution in [0, 0.1) is 11.8 Å². The van der Waals surface area contributed by atoms with E-state index in [4.69, 9.17) is 10.6 Å². The number of likely N-dealkylation sites (tertiary alicyclic amines) is 1. The summed E-state index contributed by atoms with van der Waals surface area (Å²) in [5.41, 5.74) is 8.15. The zero-order valence-corrected chi connectivity index (χ0v) is 21.3. The first-order chi connectivity index (χ1) is 18.1. The van der Waals surface area contributed by atoms with Gasteiger partial charge in [-0.15, -0.1) is 0 Å². The standard InChI is InChI=1S/C28H35N7O2/c1-2-22(11-15-30-18-21-19-32-28(29)33-20-21)27(36)35-16-12-23(13-17-35)26(25-10-6-7-14-31-25)34-37-24-8-4-3-5-9-24/h3-10,14,19-20,22-23,30H,2,11-13,15-18H2,1H3,(H2,29,32,33)/b34-26-. The number of pyridine rings is 1. The maximum absolute atomic E-state index is 13.3. The molecule has 0 spiro atoms. The number of benzene rings is 1. The summed E-state index contributed by atoms with van der Waals surface area (Å²) in [5, 5.41) is 7.90. The van der Waals surface area contributed by atoms with Crippen LogP contribution in [0.25, 0.3) is 0 Å². The number of nitrogen functional groups attached to an aromatic ring is 1. The number of piperidine rings is 1. The second-order valence-electron chi connectivity index (χ2n) is 9.22. The van der Waals surface area contributed by atoms with Gasteiger partial charge in [0.1, 0.15) is 5.71 Å². The van der Waals surface area contributed by atoms with Crippen LogP contribution in [0.5, 0.6) is 5.75 Å². The van der Waals surface area contributed by atoms with Gasteiger partial charge < -0.3 is 20.8 Å². The molecule has 37 heavy (non-hydrogen) atoms. The molecule has 0 aliphatic carbocycles. The molecule has 3 heterocycles. The highest BCUT2D eigenvalue weighted by Crippen LogP contribution is 2.25. The molecule has 1 amide bonds. The number of nitrogens with zero attached hydrogens (tertiary/aromatic N) is 5. The Morgan fingerprint density at radius 2 is 1.84 bits per heavy atom. The van der Waals surface area contributed by atoms with E-state index in [1.165, 1.54) is 0 Å². The fraction of sp³-hybridized carbons (Fsp3) is 0.393. The van der Waals surface area contributed by atoms with Gasteiger partial charge in [0.25, 0.3) is 0 Å². The molecule has 9 nitrogen and oxygen atoms in total. The average molecular weight is 502 g/mol. The maximum atomic E-state index is 13.3. The number of para-hydroxylation sites is 1. The quantitative estimate of drug-likeness (QED) is 0.234. The van der Waals surface area contributed by atoms with E-state index in [-0.39, 0.29) is 23.7 Å². The van der Waals surface area contributed by atoms with E-state index in [0.717, 1.165) is 49.2 Å². The minimum absolute atomic E-state index is 0.00272. The summed E-state index contributed by atoms with van der Waals surface area (Å²) in [5.74, 6) is 1.36. The van der Waals surface area contributed by atoms with Gasteiger partial charge in [-0.3, -0.25) is 9.78 Å². The third-order valence-corrected chi connectivity index (χ3v) is 6.68. The summed E-state index contributed by atoms with van der Waals surface area (Å²) >= 11 is 0. The number of nitrogens with one attached hydrogen (secondary N) is 1. The van der Waals surface area contributed by atoms with E-state index in [0.29, 0.717) is 25.4 Å². The van der Waals surface area contributed by atoms with Crippen LogP contribution < -0.4 is 15.9 Å². The summed E-state index contributed by atoms with van der Waals surface area (Å²) in [6.45, 7) is 4.88. The van der Waals surface area contributed by atoms with Gasteiger partial charge in [-0.1, -0.05) is 36.3 Å². The normalized spacial score (nSPS) is 15.4. The SMILES string of the molecule is CCC(CCNCc1cnc(N)nc1)C(=O)N1CCC(/C(=N/Oc2ccccc2)c2ccccn2)CC1. The lowest BCUT2D eigenvalue weighted by atomic mass is 9.89. The summed E-state index contributed by atoms with van der Waals surface area (Å²) in [4.78, 5) is 33.6. The zero-order chi connectivity index (χ0) is 25.9. The Morgan fingerprint density at radius 3 is 2.51 bits per heavy atom. The van der Waals surface area contributed by atoms with Crippen LogP contribution in [-0.2, 0) is 11.3 Å². The summed E-state index contributed by atoms with van der Waals surface area (Å²) in [6, 6.07) is 15.3. The van der Waals surface area contributed by atoms with Gasteiger partial charge in [0.15, 0.2) is 5.75 Å². The highest BCUT2D eigenvalue weighted by Gasteiger charge is 2.30. The van der Waals surface area contributed by atoms with Crippen LogP contribution in [0.1, 0.15) is 43.9 Å². The Balaban J connectivity index is 1.30. The summed E-state index contributed by atoms with van der Waals surface area (Å²) in [7, 11) is 0. The van der Waals surface area contributed by atoms with Crippen molar-refractivity contribution in [1.29, 1.82) is 0 Å². The van der Waals surface area contributed by atoms with Crippen molar-refractivity contribution in [3.63, 3.8) is 0 Å². The second-order valence-corrected chi connectivity index (χ2v) is 9.22. The number of aromatic nitrogens is 3. The van der Waals surface area contributed by atoms with Crippen molar-refractivity contribution in [2.24, 2.45) is 17.0 Å². The Hall–Kier alpha value is -3.85. The Labute approximate surface area is 218 Å². The largest absolute Gasteiger partial charge is 0.368 e. The van der Waals surface area contributed by atoms with Gasteiger partial charge in [-0.25, -0.2) is 9.97 Å². The predicted molar refractivity (Wildman–Crippen MR) is 144 cm³/mol. The topological polar surface area (TPSA) is 119 Å². The first-order valence-corrected chi connectivity index (χ1v) is 12.9. The molecule has 0 radical (unpaired) electrons. The lowest BCUT2D eigenvalue weighted by Gasteiger charge is -2.34. The van der Waals surface area contributed by atoms with Gasteiger partial charge in [0.05, 0.1) is 5.69 Å². The highest BCUT2D eigenvalue weighted by atomic mass is 16.6. The van der Waals surface area contributed by atoms with Crippen LogP contribution in [0.4, 0.5) is 5.95 Å². The number of oxime groups is 1. The highest BCUT2D eigenvalue weighted by molar-refractivity contribution is 6.00. The molecule has 0 bridgehead atoms. The Morgan fingerprint density at radius 1 is 1.11 bits per heavy atom. The van der Waals surface area contributed by atoms with Crippen LogP contribution in [0.2, 0.25) is 0 Å². The number of hydrogen-bond acceptors (Lipinski definition) is 8. The van der Waals surface area contributed by atoms with Crippen molar-refractivity contribution in [1.82, 2.24) is 25.2 Å². The van der Waals surface area contributed by atoms with E-state index in [1.807, 2.05) is 53.4 Å². The number of rotatable bonds is 11. The van der Waals surface area contributed by atoms with E-state index in [1.54, 1.807) is 18.6 Å². The van der Waals surface area contributed by atoms with Crippen molar-refractivity contribution in [2.75, 3.05) is 25.4 Å². The molecule has 2 aromatic heterocycles. The number of carbonyl (C=O) groups excluding carboxylic acids is 1. The van der Waals surface area contributed by atoms with Gasteiger partial charge >= 0.3 is 0 Å². The van der Waals surface area contributed by atoms with Crippen molar-refractivity contribution < 1.29 is 9.63 Å². The maximum Gasteiger partial charge on any atom is 0.225 e. The molecule has 1 aromatic carbocycles.